The molecule has 3 heteroatoms. The topological polar surface area (TPSA) is 35.1 Å². The second-order valence-corrected chi connectivity index (χ2v) is 15.6. The average molecular weight is 538 g/mol. The van der Waals surface area contributed by atoms with Gasteiger partial charge in [-0.1, -0.05) is 77.2 Å². The highest BCUT2D eigenvalue weighted by Gasteiger charge is 2.60. The van der Waals surface area contributed by atoms with Crippen LogP contribution >= 0.6 is 0 Å². The van der Waals surface area contributed by atoms with Crippen LogP contribution in [0.2, 0.25) is 0 Å². The van der Waals surface area contributed by atoms with Crippen molar-refractivity contribution >= 4 is 11.4 Å². The molecule has 0 aliphatic heterocycles. The Labute approximate surface area is 237 Å². The average Bonchev–Trinajstić information content (AvgIpc) is 3.24. The van der Waals surface area contributed by atoms with E-state index in [9.17, 15) is 4.55 Å². The summed E-state index contributed by atoms with van der Waals surface area (Å²) in [7, 11) is 0. The zero-order valence-corrected chi connectivity index (χ0v) is 25.7. The van der Waals surface area contributed by atoms with E-state index < -0.39 is 11.4 Å². The van der Waals surface area contributed by atoms with Gasteiger partial charge in [0.05, 0.1) is 5.70 Å². The largest absolute Gasteiger partial charge is 0.588 e. The van der Waals surface area contributed by atoms with Crippen LogP contribution in [0.4, 0.5) is 0 Å². The van der Waals surface area contributed by atoms with Gasteiger partial charge in [0.2, 0.25) is 0 Å². The molecule has 212 valence electrons. The Morgan fingerprint density at radius 2 is 1.71 bits per heavy atom. The van der Waals surface area contributed by atoms with E-state index in [0.29, 0.717) is 10.8 Å². The van der Waals surface area contributed by atoms with Gasteiger partial charge in [-0.05, 0) is 130 Å². The fourth-order valence-electron chi connectivity index (χ4n) is 10.4. The number of hydrogen-bond donors (Lipinski definition) is 1. The third kappa shape index (κ3) is 5.50. The number of unbranched alkanes of at least 4 members (excludes halogenated alkanes) is 2. The molecule has 1 N–H and O–H groups in total. The first kappa shape index (κ1) is 28.6. The minimum atomic E-state index is -1.20. The molecule has 0 saturated heterocycles. The van der Waals surface area contributed by atoms with Crippen LogP contribution < -0.4 is 4.72 Å². The van der Waals surface area contributed by atoms with Crippen molar-refractivity contribution in [3.05, 3.63) is 42.1 Å². The molecule has 4 fully saturated rings. The maximum absolute atomic E-state index is 12.6. The monoisotopic (exact) mass is 537 g/mol. The fraction of sp³-hybridized carbons (Fsp3) is 0.771. The summed E-state index contributed by atoms with van der Waals surface area (Å²) in [6.07, 6.45) is 21.0. The molecule has 0 spiro atoms. The predicted molar refractivity (Wildman–Crippen MR) is 162 cm³/mol. The molecule has 5 rings (SSSR count). The van der Waals surface area contributed by atoms with Crippen LogP contribution in [0.25, 0.3) is 0 Å². The summed E-state index contributed by atoms with van der Waals surface area (Å²) in [6.45, 7) is 14.2. The van der Waals surface area contributed by atoms with Gasteiger partial charge in [-0.2, -0.15) is 0 Å². The van der Waals surface area contributed by atoms with E-state index in [1.54, 1.807) is 6.42 Å². The van der Waals surface area contributed by atoms with E-state index >= 15 is 0 Å². The van der Waals surface area contributed by atoms with Gasteiger partial charge >= 0.3 is 0 Å². The zero-order valence-electron chi connectivity index (χ0n) is 24.9. The van der Waals surface area contributed by atoms with Crippen molar-refractivity contribution in [2.45, 2.75) is 129 Å². The van der Waals surface area contributed by atoms with Crippen molar-refractivity contribution in [2.75, 3.05) is 0 Å². The van der Waals surface area contributed by atoms with Gasteiger partial charge in [0, 0.05) is 0 Å². The summed E-state index contributed by atoms with van der Waals surface area (Å²) in [5.41, 5.74) is 3.33. The molecule has 9 atom stereocenters. The van der Waals surface area contributed by atoms with E-state index in [0.717, 1.165) is 58.9 Å². The Bertz CT molecular complexity index is 944. The normalized spacial score (nSPS) is 39.1. The first-order chi connectivity index (χ1) is 18.3. The van der Waals surface area contributed by atoms with Crippen molar-refractivity contribution in [2.24, 2.45) is 46.3 Å². The van der Waals surface area contributed by atoms with Crippen LogP contribution in [-0.4, -0.2) is 4.55 Å². The molecule has 0 amide bonds. The number of nitrogens with one attached hydrogen (secondary N) is 1. The number of fused-ring (bicyclic) bond motifs is 5. The lowest BCUT2D eigenvalue weighted by atomic mass is 9.42. The lowest BCUT2D eigenvalue weighted by Crippen LogP contribution is -2.55. The van der Waals surface area contributed by atoms with Crippen LogP contribution in [0.5, 0.6) is 0 Å². The summed E-state index contributed by atoms with van der Waals surface area (Å²) in [5.74, 6) is 5.94. The Kier molecular flexibility index (Phi) is 8.95. The van der Waals surface area contributed by atoms with Gasteiger partial charge in [0.25, 0.3) is 0 Å². The summed E-state index contributed by atoms with van der Waals surface area (Å²) >= 11 is -1.20. The lowest BCUT2D eigenvalue weighted by molar-refractivity contribution is -0.135. The second-order valence-electron chi connectivity index (χ2n) is 14.3. The van der Waals surface area contributed by atoms with Crippen molar-refractivity contribution in [3.63, 3.8) is 0 Å². The van der Waals surface area contributed by atoms with E-state index in [1.807, 2.05) is 24.3 Å². The van der Waals surface area contributed by atoms with Crippen molar-refractivity contribution in [3.8, 4) is 0 Å². The van der Waals surface area contributed by atoms with Crippen molar-refractivity contribution < 1.29 is 4.55 Å². The van der Waals surface area contributed by atoms with Crippen LogP contribution in [0.15, 0.2) is 41.4 Å². The fourth-order valence-corrected chi connectivity index (χ4v) is 11.3. The maximum Gasteiger partial charge on any atom is 0.179 e. The molecule has 0 bridgehead atoms. The summed E-state index contributed by atoms with van der Waals surface area (Å²) < 4.78 is 15.7. The Morgan fingerprint density at radius 1 is 0.947 bits per heavy atom. The number of aryl methyl sites for hydroxylation is 1. The molecule has 38 heavy (non-hydrogen) atoms. The van der Waals surface area contributed by atoms with Crippen LogP contribution in [0.1, 0.15) is 123 Å². The zero-order chi connectivity index (χ0) is 26.9. The Hall–Kier alpha value is -0.930. The molecular formula is C35H55NOS. The van der Waals surface area contributed by atoms with Gasteiger partial charge in [-0.25, -0.2) is 4.72 Å². The molecule has 0 radical (unpaired) electrons. The third-order valence-electron chi connectivity index (χ3n) is 12.5. The van der Waals surface area contributed by atoms with Crippen LogP contribution in [-0.2, 0) is 11.4 Å². The Balaban J connectivity index is 1.09. The standard InChI is InChI=1S/C35H55NOS/c1-6-27-24-30-32-20-17-28(34(32,4)23-21-33(30)35(5)22-11-10-14-31(27)35)13-9-7-8-12-26(3)36-38(37)29-18-15-25(2)16-19-29/h15-16,18-19,27-28,30-33,36H,3,6-14,17,20-24H2,1-2,4-5H3/t27-,28?,30?,31?,32?,33-,34?,35?,38?/m0/s1. The quantitative estimate of drug-likeness (QED) is 0.238. The van der Waals surface area contributed by atoms with E-state index in [1.165, 1.54) is 82.6 Å². The summed E-state index contributed by atoms with van der Waals surface area (Å²) in [5, 5.41) is 0. The molecular weight excluding hydrogens is 482 g/mol. The summed E-state index contributed by atoms with van der Waals surface area (Å²) in [6, 6.07) is 7.92. The predicted octanol–water partition coefficient (Wildman–Crippen LogP) is 9.76. The molecule has 4 saturated carbocycles. The molecule has 4 aliphatic carbocycles. The first-order valence-corrected chi connectivity index (χ1v) is 17.3. The Morgan fingerprint density at radius 3 is 2.47 bits per heavy atom. The van der Waals surface area contributed by atoms with Crippen LogP contribution in [0.3, 0.4) is 0 Å². The minimum Gasteiger partial charge on any atom is -0.588 e. The maximum atomic E-state index is 12.6. The van der Waals surface area contributed by atoms with Gasteiger partial charge in [0.15, 0.2) is 4.90 Å². The number of benzene rings is 1. The van der Waals surface area contributed by atoms with E-state index in [-0.39, 0.29) is 0 Å². The van der Waals surface area contributed by atoms with Gasteiger partial charge in [-0.3, -0.25) is 0 Å². The van der Waals surface area contributed by atoms with Crippen molar-refractivity contribution in [1.29, 1.82) is 0 Å². The number of allylic oxidation sites excluding steroid dienone is 1. The second kappa shape index (κ2) is 11.9. The molecule has 4 aliphatic rings. The van der Waals surface area contributed by atoms with E-state index in [4.69, 9.17) is 0 Å². The van der Waals surface area contributed by atoms with Crippen molar-refractivity contribution in [1.82, 2.24) is 4.72 Å². The molecule has 1 aromatic carbocycles. The van der Waals surface area contributed by atoms with Gasteiger partial charge in [0.1, 0.15) is 11.4 Å². The molecule has 1 aromatic rings. The molecule has 2 nitrogen and oxygen atoms in total. The summed E-state index contributed by atoms with van der Waals surface area (Å²) in [4.78, 5) is 0.826. The highest BCUT2D eigenvalue weighted by Crippen LogP contribution is 2.69. The SMILES string of the molecule is C=C(CCCCCC1CCC2C3C[C@H](CC)C4CCCCC4(C)[C@H]3CCC12C)N[S+]([O-])c1ccc(C)cc1. The number of rotatable bonds is 10. The van der Waals surface area contributed by atoms with Gasteiger partial charge in [-0.15, -0.1) is 0 Å². The molecule has 0 aromatic heterocycles. The molecule has 0 heterocycles. The smallest absolute Gasteiger partial charge is 0.179 e. The van der Waals surface area contributed by atoms with E-state index in [2.05, 4.69) is 39.0 Å². The highest BCUT2D eigenvalue weighted by atomic mass is 32.2. The van der Waals surface area contributed by atoms with Crippen LogP contribution in [0, 0.1) is 53.3 Å². The third-order valence-corrected chi connectivity index (χ3v) is 13.7. The highest BCUT2D eigenvalue weighted by molar-refractivity contribution is 7.89. The molecule has 7 unspecified atom stereocenters. The first-order valence-electron chi connectivity index (χ1n) is 16.2. The minimum absolute atomic E-state index is 0.591. The van der Waals surface area contributed by atoms with Gasteiger partial charge < -0.3 is 4.55 Å². The number of hydrogen-bond acceptors (Lipinski definition) is 2. The lowest BCUT2D eigenvalue weighted by Gasteiger charge is -2.62.